The first kappa shape index (κ1) is 14.0. The third kappa shape index (κ3) is 2.89. The van der Waals surface area contributed by atoms with E-state index >= 15 is 0 Å². The zero-order valence-electron chi connectivity index (χ0n) is 10.7. The highest BCUT2D eigenvalue weighted by atomic mass is 79.9. The van der Waals surface area contributed by atoms with Crippen molar-refractivity contribution in [1.82, 2.24) is 9.97 Å². The second-order valence-electron chi connectivity index (χ2n) is 4.34. The van der Waals surface area contributed by atoms with Crippen LogP contribution in [-0.4, -0.2) is 15.9 Å². The Hall–Kier alpha value is -1.98. The van der Waals surface area contributed by atoms with E-state index in [9.17, 15) is 4.79 Å². The van der Waals surface area contributed by atoms with Crippen molar-refractivity contribution in [3.8, 4) is 0 Å². The fourth-order valence-corrected chi connectivity index (χ4v) is 2.51. The van der Waals surface area contributed by atoms with Gasteiger partial charge in [0.05, 0.1) is 21.8 Å². The molecule has 0 aliphatic rings. The molecule has 1 N–H and O–H groups in total. The van der Waals surface area contributed by atoms with E-state index < -0.39 is 0 Å². The Morgan fingerprint density at radius 2 is 2.10 bits per heavy atom. The smallest absolute Gasteiger partial charge is 0.258 e. The van der Waals surface area contributed by atoms with Gasteiger partial charge in [-0.25, -0.2) is 0 Å². The molecule has 0 unspecified atom stereocenters. The van der Waals surface area contributed by atoms with Crippen LogP contribution in [0.15, 0.2) is 53.4 Å². The van der Waals surface area contributed by atoms with E-state index in [-0.39, 0.29) is 5.91 Å². The maximum absolute atomic E-state index is 12.3. The van der Waals surface area contributed by atoms with E-state index in [0.717, 1.165) is 9.86 Å². The quantitative estimate of drug-likeness (QED) is 0.739. The molecule has 0 aliphatic heterocycles. The number of pyridine rings is 2. The number of benzene rings is 1. The summed E-state index contributed by atoms with van der Waals surface area (Å²) in [6.07, 6.45) is 4.66. The highest BCUT2D eigenvalue weighted by Crippen LogP contribution is 2.25. The largest absolute Gasteiger partial charge is 0.320 e. The third-order valence-corrected chi connectivity index (χ3v) is 3.70. The second-order valence-corrected chi connectivity index (χ2v) is 5.66. The fraction of sp³-hybridized carbons (Fsp3) is 0. The Morgan fingerprint density at radius 1 is 1.24 bits per heavy atom. The number of amides is 1. The van der Waals surface area contributed by atoms with Crippen molar-refractivity contribution in [3.05, 3.63) is 64.0 Å². The lowest BCUT2D eigenvalue weighted by atomic mass is 10.2. The van der Waals surface area contributed by atoms with Crippen molar-refractivity contribution in [1.29, 1.82) is 0 Å². The second kappa shape index (κ2) is 5.79. The molecule has 0 atom stereocenters. The molecule has 0 fully saturated rings. The van der Waals surface area contributed by atoms with Crippen LogP contribution in [0.3, 0.4) is 0 Å². The normalized spacial score (nSPS) is 10.6. The van der Waals surface area contributed by atoms with Crippen molar-refractivity contribution in [2.75, 3.05) is 5.32 Å². The number of rotatable bonds is 2. The number of halogens is 2. The Labute approximate surface area is 134 Å². The average molecular weight is 363 g/mol. The first-order chi connectivity index (χ1) is 10.1. The van der Waals surface area contributed by atoms with Gasteiger partial charge in [-0.1, -0.05) is 23.7 Å². The molecule has 21 heavy (non-hydrogen) atoms. The Morgan fingerprint density at radius 3 is 2.90 bits per heavy atom. The maximum Gasteiger partial charge on any atom is 0.258 e. The summed E-state index contributed by atoms with van der Waals surface area (Å²) in [6.45, 7) is 0. The highest BCUT2D eigenvalue weighted by Gasteiger charge is 2.12. The van der Waals surface area contributed by atoms with Gasteiger partial charge in [0, 0.05) is 28.4 Å². The Bertz CT molecular complexity index is 838. The van der Waals surface area contributed by atoms with Gasteiger partial charge in [-0.15, -0.1) is 0 Å². The average Bonchev–Trinajstić information content (AvgIpc) is 2.47. The van der Waals surface area contributed by atoms with Gasteiger partial charge in [0.25, 0.3) is 5.91 Å². The minimum Gasteiger partial charge on any atom is -0.320 e. The summed E-state index contributed by atoms with van der Waals surface area (Å²) < 4.78 is 0.883. The summed E-state index contributed by atoms with van der Waals surface area (Å²) in [5.74, 6) is -0.315. The molecule has 3 rings (SSSR count). The predicted molar refractivity (Wildman–Crippen MR) is 86.6 cm³/mol. The highest BCUT2D eigenvalue weighted by molar-refractivity contribution is 9.10. The van der Waals surface area contributed by atoms with Crippen LogP contribution in [0.1, 0.15) is 10.4 Å². The van der Waals surface area contributed by atoms with Gasteiger partial charge < -0.3 is 5.32 Å². The molecule has 1 amide bonds. The molecule has 4 nitrogen and oxygen atoms in total. The van der Waals surface area contributed by atoms with Crippen molar-refractivity contribution in [2.24, 2.45) is 0 Å². The molecule has 0 radical (unpaired) electrons. The standard InChI is InChI=1S/C15H9BrClN3O/c16-10-6-9-2-1-3-13(14(9)19-7-10)20-15(21)11-8-18-5-4-12(11)17/h1-8H,(H,20,21). The number of fused-ring (bicyclic) bond motifs is 1. The molecule has 2 aromatic heterocycles. The minimum absolute atomic E-state index is 0.315. The van der Waals surface area contributed by atoms with Gasteiger partial charge in [-0.3, -0.25) is 14.8 Å². The zero-order valence-corrected chi connectivity index (χ0v) is 13.0. The number of hydrogen-bond acceptors (Lipinski definition) is 3. The number of carbonyl (C=O) groups excluding carboxylic acids is 1. The summed E-state index contributed by atoms with van der Waals surface area (Å²) in [5.41, 5.74) is 1.67. The van der Waals surface area contributed by atoms with E-state index in [2.05, 4.69) is 31.2 Å². The molecule has 0 spiro atoms. The van der Waals surface area contributed by atoms with E-state index in [1.165, 1.54) is 12.4 Å². The number of carbonyl (C=O) groups is 1. The third-order valence-electron chi connectivity index (χ3n) is 2.94. The molecule has 0 saturated carbocycles. The molecule has 1 aromatic carbocycles. The first-order valence-corrected chi connectivity index (χ1v) is 7.27. The SMILES string of the molecule is O=C(Nc1cccc2cc(Br)cnc12)c1cnccc1Cl. The lowest BCUT2D eigenvalue weighted by molar-refractivity contribution is 0.102. The molecular weight excluding hydrogens is 354 g/mol. The minimum atomic E-state index is -0.315. The molecule has 2 heterocycles. The Balaban J connectivity index is 1.99. The van der Waals surface area contributed by atoms with Crippen molar-refractivity contribution >= 4 is 50.0 Å². The van der Waals surface area contributed by atoms with Gasteiger partial charge in [0.15, 0.2) is 0 Å². The number of aromatic nitrogens is 2. The van der Waals surface area contributed by atoms with Crippen LogP contribution in [0.25, 0.3) is 10.9 Å². The molecule has 104 valence electrons. The van der Waals surface area contributed by atoms with Crippen LogP contribution in [-0.2, 0) is 0 Å². The van der Waals surface area contributed by atoms with Crippen LogP contribution < -0.4 is 5.32 Å². The van der Waals surface area contributed by atoms with Crippen LogP contribution in [0.5, 0.6) is 0 Å². The van der Waals surface area contributed by atoms with E-state index in [4.69, 9.17) is 11.6 Å². The van der Waals surface area contributed by atoms with Crippen molar-refractivity contribution < 1.29 is 4.79 Å². The van der Waals surface area contributed by atoms with Gasteiger partial charge in [0.1, 0.15) is 0 Å². The molecular formula is C15H9BrClN3O. The maximum atomic E-state index is 12.3. The summed E-state index contributed by atoms with van der Waals surface area (Å²) in [5, 5.41) is 4.11. The Kier molecular flexibility index (Phi) is 3.86. The summed E-state index contributed by atoms with van der Waals surface area (Å²) >= 11 is 9.38. The fourth-order valence-electron chi connectivity index (χ4n) is 1.97. The van der Waals surface area contributed by atoms with E-state index in [1.54, 1.807) is 18.3 Å². The number of nitrogens with one attached hydrogen (secondary N) is 1. The summed E-state index contributed by atoms with van der Waals surface area (Å²) in [4.78, 5) is 20.5. The van der Waals surface area contributed by atoms with Gasteiger partial charge in [-0.2, -0.15) is 0 Å². The number of anilines is 1. The summed E-state index contributed by atoms with van der Waals surface area (Å²) in [6, 6.07) is 9.10. The van der Waals surface area contributed by atoms with Crippen molar-refractivity contribution in [3.63, 3.8) is 0 Å². The van der Waals surface area contributed by atoms with Gasteiger partial charge in [0.2, 0.25) is 0 Å². The van der Waals surface area contributed by atoms with Crippen LogP contribution >= 0.6 is 27.5 Å². The predicted octanol–water partition coefficient (Wildman–Crippen LogP) is 4.30. The zero-order chi connectivity index (χ0) is 14.8. The first-order valence-electron chi connectivity index (χ1n) is 6.10. The molecule has 0 aliphatic carbocycles. The van der Waals surface area contributed by atoms with Crippen LogP contribution in [0.2, 0.25) is 5.02 Å². The summed E-state index contributed by atoms with van der Waals surface area (Å²) in [7, 11) is 0. The van der Waals surface area contributed by atoms with Gasteiger partial charge >= 0.3 is 0 Å². The monoisotopic (exact) mass is 361 g/mol. The topological polar surface area (TPSA) is 54.9 Å². The van der Waals surface area contributed by atoms with Crippen LogP contribution in [0, 0.1) is 0 Å². The van der Waals surface area contributed by atoms with Gasteiger partial charge in [-0.05, 0) is 34.1 Å². The van der Waals surface area contributed by atoms with Crippen LogP contribution in [0.4, 0.5) is 5.69 Å². The number of hydrogen-bond donors (Lipinski definition) is 1. The van der Waals surface area contributed by atoms with E-state index in [1.807, 2.05) is 18.2 Å². The molecule has 0 bridgehead atoms. The number of para-hydroxylation sites is 1. The number of nitrogens with zero attached hydrogens (tertiary/aromatic N) is 2. The molecule has 3 aromatic rings. The van der Waals surface area contributed by atoms with E-state index in [0.29, 0.717) is 21.8 Å². The molecule has 0 saturated heterocycles. The molecule has 6 heteroatoms. The lowest BCUT2D eigenvalue weighted by Gasteiger charge is -2.09. The lowest BCUT2D eigenvalue weighted by Crippen LogP contribution is -2.13. The van der Waals surface area contributed by atoms with Crippen molar-refractivity contribution in [2.45, 2.75) is 0 Å².